The quantitative estimate of drug-likeness (QED) is 0.654. The fourth-order valence-corrected chi connectivity index (χ4v) is 6.41. The molecular weight excluding hydrogens is 430 g/mol. The van der Waals surface area contributed by atoms with Crippen molar-refractivity contribution in [3.05, 3.63) is 42.1 Å². The fraction of sp³-hybridized carbons (Fsp3) is 0.538. The average Bonchev–Trinajstić information content (AvgIpc) is 2.88. The van der Waals surface area contributed by atoms with Gasteiger partial charge in [0.15, 0.2) is 0 Å². The number of nitrogens with zero attached hydrogens (tertiary/aromatic N) is 5. The Morgan fingerprint density at radius 3 is 2.53 bits per heavy atom. The summed E-state index contributed by atoms with van der Waals surface area (Å²) in [5, 5.41) is 1.02. The Labute approximate surface area is 199 Å². The summed E-state index contributed by atoms with van der Waals surface area (Å²) in [6, 6.07) is 11.9. The molecule has 4 aliphatic heterocycles. The summed E-state index contributed by atoms with van der Waals surface area (Å²) in [4.78, 5) is 51.1. The van der Waals surface area contributed by atoms with E-state index in [0.29, 0.717) is 62.1 Å². The lowest BCUT2D eigenvalue weighted by atomic mass is 9.76. The number of carbonyl (C=O) groups excluding carboxylic acids is 3. The largest absolute Gasteiger partial charge is 0.339 e. The molecule has 1 aromatic heterocycles. The number of carbonyl (C=O) groups is 3. The zero-order valence-electron chi connectivity index (χ0n) is 19.4. The highest BCUT2D eigenvalue weighted by atomic mass is 16.2. The lowest BCUT2D eigenvalue weighted by Crippen LogP contribution is -2.63. The van der Waals surface area contributed by atoms with Gasteiger partial charge in [-0.3, -0.25) is 9.59 Å². The normalized spacial score (nSPS) is 27.1. The summed E-state index contributed by atoms with van der Waals surface area (Å²) in [7, 11) is 0. The van der Waals surface area contributed by atoms with Crippen LogP contribution in [-0.4, -0.2) is 94.3 Å². The van der Waals surface area contributed by atoms with E-state index in [9.17, 15) is 14.4 Å². The predicted octanol–water partition coefficient (Wildman–Crippen LogP) is 2.45. The van der Waals surface area contributed by atoms with Crippen LogP contribution in [-0.2, 0) is 4.79 Å². The Balaban J connectivity index is 1.07. The van der Waals surface area contributed by atoms with E-state index in [0.717, 1.165) is 49.8 Å². The molecule has 1 aromatic carbocycles. The molecule has 4 amide bonds. The van der Waals surface area contributed by atoms with Crippen molar-refractivity contribution in [3.8, 4) is 0 Å². The summed E-state index contributed by atoms with van der Waals surface area (Å²) in [6.45, 7) is 4.38. The van der Waals surface area contributed by atoms with Crippen LogP contribution in [0.25, 0.3) is 10.9 Å². The van der Waals surface area contributed by atoms with E-state index >= 15 is 0 Å². The van der Waals surface area contributed by atoms with Crippen molar-refractivity contribution in [2.75, 3.05) is 45.8 Å². The third-order valence-corrected chi connectivity index (χ3v) is 8.11. The van der Waals surface area contributed by atoms with Gasteiger partial charge in [-0.05, 0) is 43.2 Å². The molecule has 3 atom stereocenters. The SMILES string of the molecule is O=C(c1ccc2ccccc2n1)N1CCN(C(=O)N2CC3CC(C2)[C@H]2CCCC(=O)N2C3)CC1. The second-order valence-corrected chi connectivity index (χ2v) is 10.2. The van der Waals surface area contributed by atoms with Gasteiger partial charge in [0.05, 0.1) is 5.52 Å². The van der Waals surface area contributed by atoms with Gasteiger partial charge in [-0.1, -0.05) is 24.3 Å². The number of pyridine rings is 1. The van der Waals surface area contributed by atoms with Gasteiger partial charge < -0.3 is 19.6 Å². The van der Waals surface area contributed by atoms with Gasteiger partial charge in [-0.25, -0.2) is 9.78 Å². The number of piperidine rings is 3. The first-order valence-corrected chi connectivity index (χ1v) is 12.6. The van der Waals surface area contributed by atoms with Crippen LogP contribution in [0, 0.1) is 11.8 Å². The maximum atomic E-state index is 13.4. The van der Waals surface area contributed by atoms with Crippen LogP contribution in [0.1, 0.15) is 36.2 Å². The van der Waals surface area contributed by atoms with Crippen molar-refractivity contribution >= 4 is 28.7 Å². The first kappa shape index (κ1) is 21.4. The molecule has 5 heterocycles. The molecule has 4 aliphatic rings. The zero-order chi connectivity index (χ0) is 23.2. The Bertz CT molecular complexity index is 1130. The van der Waals surface area contributed by atoms with E-state index in [-0.39, 0.29) is 11.9 Å². The first-order valence-electron chi connectivity index (χ1n) is 12.6. The van der Waals surface area contributed by atoms with E-state index in [1.54, 1.807) is 11.0 Å². The molecule has 6 rings (SSSR count). The van der Waals surface area contributed by atoms with Crippen molar-refractivity contribution in [1.29, 1.82) is 0 Å². The van der Waals surface area contributed by atoms with Crippen LogP contribution < -0.4 is 0 Å². The first-order chi connectivity index (χ1) is 16.6. The third kappa shape index (κ3) is 3.79. The lowest BCUT2D eigenvalue weighted by molar-refractivity contribution is -0.144. The number of hydrogen-bond donors (Lipinski definition) is 0. The molecule has 2 unspecified atom stereocenters. The average molecular weight is 462 g/mol. The van der Waals surface area contributed by atoms with E-state index in [1.165, 1.54) is 0 Å². The van der Waals surface area contributed by atoms with Crippen molar-refractivity contribution in [1.82, 2.24) is 24.6 Å². The minimum absolute atomic E-state index is 0.0765. The molecule has 4 saturated heterocycles. The molecular formula is C26H31N5O3. The highest BCUT2D eigenvalue weighted by Crippen LogP contribution is 2.38. The minimum atomic E-state index is -0.0765. The molecule has 2 bridgehead atoms. The number of rotatable bonds is 1. The molecule has 2 aromatic rings. The number of fused-ring (bicyclic) bond motifs is 5. The summed E-state index contributed by atoms with van der Waals surface area (Å²) in [6.07, 6.45) is 3.83. The van der Waals surface area contributed by atoms with Crippen molar-refractivity contribution in [3.63, 3.8) is 0 Å². The number of benzene rings is 1. The lowest BCUT2D eigenvalue weighted by Gasteiger charge is -2.53. The van der Waals surface area contributed by atoms with Gasteiger partial charge in [0.2, 0.25) is 5.91 Å². The maximum absolute atomic E-state index is 13.4. The van der Waals surface area contributed by atoms with E-state index < -0.39 is 0 Å². The summed E-state index contributed by atoms with van der Waals surface area (Å²) in [5.74, 6) is 0.991. The van der Waals surface area contributed by atoms with Crippen LogP contribution in [0.15, 0.2) is 36.4 Å². The van der Waals surface area contributed by atoms with Crippen molar-refractivity contribution in [2.45, 2.75) is 31.7 Å². The molecule has 4 fully saturated rings. The van der Waals surface area contributed by atoms with Crippen molar-refractivity contribution < 1.29 is 14.4 Å². The molecule has 8 nitrogen and oxygen atoms in total. The molecule has 0 N–H and O–H groups in total. The Morgan fingerprint density at radius 2 is 1.68 bits per heavy atom. The van der Waals surface area contributed by atoms with Gasteiger partial charge in [-0.2, -0.15) is 0 Å². The smallest absolute Gasteiger partial charge is 0.320 e. The van der Waals surface area contributed by atoms with Crippen molar-refractivity contribution in [2.24, 2.45) is 11.8 Å². The van der Waals surface area contributed by atoms with E-state index in [4.69, 9.17) is 0 Å². The molecule has 0 spiro atoms. The molecule has 8 heteroatoms. The maximum Gasteiger partial charge on any atom is 0.320 e. The second kappa shape index (κ2) is 8.56. The fourth-order valence-electron chi connectivity index (χ4n) is 6.41. The summed E-state index contributed by atoms with van der Waals surface area (Å²) in [5.41, 5.74) is 1.27. The number of likely N-dealkylation sites (tertiary alicyclic amines) is 1. The topological polar surface area (TPSA) is 77.1 Å². The number of para-hydroxylation sites is 1. The molecule has 34 heavy (non-hydrogen) atoms. The summed E-state index contributed by atoms with van der Waals surface area (Å²) < 4.78 is 0. The van der Waals surface area contributed by atoms with Gasteiger partial charge >= 0.3 is 6.03 Å². The van der Waals surface area contributed by atoms with Crippen LogP contribution in [0.3, 0.4) is 0 Å². The number of urea groups is 1. The number of amides is 4. The third-order valence-electron chi connectivity index (χ3n) is 8.11. The highest BCUT2D eigenvalue weighted by Gasteiger charge is 2.45. The van der Waals surface area contributed by atoms with Crippen LogP contribution in [0.5, 0.6) is 0 Å². The van der Waals surface area contributed by atoms with E-state index in [2.05, 4.69) is 9.88 Å². The molecule has 178 valence electrons. The van der Waals surface area contributed by atoms with Crippen LogP contribution in [0.2, 0.25) is 0 Å². The molecule has 0 aliphatic carbocycles. The van der Waals surface area contributed by atoms with Crippen LogP contribution >= 0.6 is 0 Å². The van der Waals surface area contributed by atoms with Gasteiger partial charge in [-0.15, -0.1) is 0 Å². The Hall–Kier alpha value is -3.16. The van der Waals surface area contributed by atoms with Gasteiger partial charge in [0.1, 0.15) is 5.69 Å². The van der Waals surface area contributed by atoms with Gasteiger partial charge in [0, 0.05) is 63.7 Å². The number of piperazine rings is 1. The zero-order valence-corrected chi connectivity index (χ0v) is 19.4. The highest BCUT2D eigenvalue weighted by molar-refractivity contribution is 5.95. The standard InChI is InChI=1S/C26H31N5O3/c32-24-7-3-6-23-20-14-18(16-31(23)24)15-30(17-20)26(34)29-12-10-28(11-13-29)25(33)22-9-8-19-4-1-2-5-21(19)27-22/h1-2,4-5,8-9,18,20,23H,3,6-7,10-17H2/t18?,20?,23-/m1/s1. The van der Waals surface area contributed by atoms with Gasteiger partial charge in [0.25, 0.3) is 5.91 Å². The monoisotopic (exact) mass is 461 g/mol. The number of aromatic nitrogens is 1. The Kier molecular flexibility index (Phi) is 5.38. The summed E-state index contributed by atoms with van der Waals surface area (Å²) >= 11 is 0. The number of hydrogen-bond acceptors (Lipinski definition) is 4. The second-order valence-electron chi connectivity index (χ2n) is 10.2. The van der Waals surface area contributed by atoms with E-state index in [1.807, 2.05) is 40.1 Å². The predicted molar refractivity (Wildman–Crippen MR) is 127 cm³/mol. The molecule has 0 saturated carbocycles. The minimum Gasteiger partial charge on any atom is -0.339 e. The van der Waals surface area contributed by atoms with Crippen LogP contribution in [0.4, 0.5) is 4.79 Å². The molecule has 0 radical (unpaired) electrons. The Morgan fingerprint density at radius 1 is 0.882 bits per heavy atom.